The summed E-state index contributed by atoms with van der Waals surface area (Å²) in [5.41, 5.74) is 1.23. The summed E-state index contributed by atoms with van der Waals surface area (Å²) in [6.07, 6.45) is 7.47. The van der Waals surface area contributed by atoms with Gasteiger partial charge in [0.05, 0.1) is 5.92 Å². The Labute approximate surface area is 161 Å². The van der Waals surface area contributed by atoms with Crippen LogP contribution in [0.25, 0.3) is 0 Å². The van der Waals surface area contributed by atoms with Gasteiger partial charge < -0.3 is 15.1 Å². The zero-order valence-electron chi connectivity index (χ0n) is 16.1. The van der Waals surface area contributed by atoms with Crippen molar-refractivity contribution in [2.24, 2.45) is 5.92 Å². The molecule has 6 nitrogen and oxygen atoms in total. The maximum absolute atomic E-state index is 12.5. The van der Waals surface area contributed by atoms with E-state index in [1.807, 2.05) is 12.1 Å². The van der Waals surface area contributed by atoms with E-state index < -0.39 is 0 Å². The van der Waals surface area contributed by atoms with E-state index in [0.29, 0.717) is 6.54 Å². The number of carbonyl (C=O) groups excluding carboxylic acids is 1. The molecule has 3 rings (SSSR count). The Morgan fingerprint density at radius 1 is 1.19 bits per heavy atom. The molecule has 2 heterocycles. The van der Waals surface area contributed by atoms with Crippen molar-refractivity contribution in [2.75, 3.05) is 43.0 Å². The summed E-state index contributed by atoms with van der Waals surface area (Å²) in [6.45, 7) is 3.34. The van der Waals surface area contributed by atoms with E-state index in [0.717, 1.165) is 51.3 Å². The van der Waals surface area contributed by atoms with Crippen molar-refractivity contribution >= 4 is 17.5 Å². The van der Waals surface area contributed by atoms with Gasteiger partial charge in [0.1, 0.15) is 0 Å². The molecule has 1 aliphatic rings. The van der Waals surface area contributed by atoms with Crippen molar-refractivity contribution in [3.05, 3.63) is 48.8 Å². The molecule has 1 amide bonds. The first-order valence-electron chi connectivity index (χ1n) is 9.80. The van der Waals surface area contributed by atoms with E-state index in [9.17, 15) is 4.79 Å². The molecular formula is C21H29N5O. The number of rotatable bonds is 8. The lowest BCUT2D eigenvalue weighted by Crippen LogP contribution is -2.43. The number of piperidine rings is 1. The monoisotopic (exact) mass is 367 g/mol. The molecule has 1 aliphatic heterocycles. The average molecular weight is 367 g/mol. The van der Waals surface area contributed by atoms with Crippen LogP contribution < -0.4 is 15.1 Å². The molecule has 1 aromatic heterocycles. The number of unbranched alkanes of at least 4 members (excludes halogenated alkanes) is 1. The number of para-hydroxylation sites is 1. The minimum absolute atomic E-state index is 0.0227. The summed E-state index contributed by atoms with van der Waals surface area (Å²) in [6, 6.07) is 12.2. The Morgan fingerprint density at radius 2 is 1.96 bits per heavy atom. The van der Waals surface area contributed by atoms with Crippen molar-refractivity contribution < 1.29 is 4.79 Å². The summed E-state index contributed by atoms with van der Waals surface area (Å²) in [7, 11) is 2.11. The highest BCUT2D eigenvalue weighted by Gasteiger charge is 2.26. The van der Waals surface area contributed by atoms with Crippen molar-refractivity contribution in [2.45, 2.75) is 25.7 Å². The van der Waals surface area contributed by atoms with Crippen LogP contribution in [0.3, 0.4) is 0 Å². The van der Waals surface area contributed by atoms with Gasteiger partial charge in [0.25, 0.3) is 0 Å². The van der Waals surface area contributed by atoms with Gasteiger partial charge in [0.15, 0.2) is 0 Å². The molecule has 6 heteroatoms. The number of aromatic nitrogens is 2. The first kappa shape index (κ1) is 19.1. The fraction of sp³-hybridized carbons (Fsp3) is 0.476. The highest BCUT2D eigenvalue weighted by molar-refractivity contribution is 5.79. The lowest BCUT2D eigenvalue weighted by atomic mass is 9.97. The van der Waals surface area contributed by atoms with E-state index in [1.165, 1.54) is 5.69 Å². The number of hydrogen-bond acceptors (Lipinski definition) is 5. The average Bonchev–Trinajstić information content (AvgIpc) is 2.74. The Kier molecular flexibility index (Phi) is 7.02. The van der Waals surface area contributed by atoms with Crippen molar-refractivity contribution in [3.63, 3.8) is 0 Å². The SMILES string of the molecule is CN(CCCCNC(=O)C1CCCN(c2ncccn2)C1)c1ccccc1. The topological polar surface area (TPSA) is 61.4 Å². The van der Waals surface area contributed by atoms with Gasteiger partial charge in [-0.25, -0.2) is 9.97 Å². The quantitative estimate of drug-likeness (QED) is 0.727. The second kappa shape index (κ2) is 9.90. The number of anilines is 2. The summed E-state index contributed by atoms with van der Waals surface area (Å²) in [4.78, 5) is 25.5. The molecule has 1 unspecified atom stereocenters. The highest BCUT2D eigenvalue weighted by Crippen LogP contribution is 2.20. The van der Waals surface area contributed by atoms with E-state index in [-0.39, 0.29) is 11.8 Å². The normalized spacial score (nSPS) is 16.8. The molecule has 144 valence electrons. The summed E-state index contributed by atoms with van der Waals surface area (Å²) in [5.74, 6) is 0.903. The van der Waals surface area contributed by atoms with Crippen LogP contribution in [0.15, 0.2) is 48.8 Å². The van der Waals surface area contributed by atoms with E-state index in [4.69, 9.17) is 0 Å². The van der Waals surface area contributed by atoms with Gasteiger partial charge in [-0.1, -0.05) is 18.2 Å². The maximum atomic E-state index is 12.5. The van der Waals surface area contributed by atoms with Crippen molar-refractivity contribution in [3.8, 4) is 0 Å². The van der Waals surface area contributed by atoms with Gasteiger partial charge in [0, 0.05) is 51.3 Å². The standard InChI is InChI=1S/C21H29N5O/c1-25(19-10-3-2-4-11-19)15-6-5-12-22-20(27)18-9-7-16-26(17-18)21-23-13-8-14-24-21/h2-4,8,10-11,13-14,18H,5-7,9,12,15-17H2,1H3,(H,22,27). The Balaban J connectivity index is 1.35. The molecular weight excluding hydrogens is 338 g/mol. The van der Waals surface area contributed by atoms with Gasteiger partial charge in [-0.05, 0) is 43.9 Å². The van der Waals surface area contributed by atoms with Gasteiger partial charge in [-0.15, -0.1) is 0 Å². The second-order valence-corrected chi connectivity index (χ2v) is 7.09. The number of amides is 1. The second-order valence-electron chi connectivity index (χ2n) is 7.09. The summed E-state index contributed by atoms with van der Waals surface area (Å²) >= 11 is 0. The summed E-state index contributed by atoms with van der Waals surface area (Å²) < 4.78 is 0. The van der Waals surface area contributed by atoms with Gasteiger partial charge in [-0.2, -0.15) is 0 Å². The lowest BCUT2D eigenvalue weighted by Gasteiger charge is -2.31. The molecule has 1 N–H and O–H groups in total. The molecule has 0 radical (unpaired) electrons. The van der Waals surface area contributed by atoms with Crippen LogP contribution in [0.4, 0.5) is 11.6 Å². The molecule has 0 bridgehead atoms. The van der Waals surface area contributed by atoms with Crippen LogP contribution >= 0.6 is 0 Å². The van der Waals surface area contributed by atoms with Crippen LogP contribution in [0.5, 0.6) is 0 Å². The molecule has 27 heavy (non-hydrogen) atoms. The Morgan fingerprint density at radius 3 is 2.74 bits per heavy atom. The van der Waals surface area contributed by atoms with Gasteiger partial charge in [0.2, 0.25) is 11.9 Å². The van der Waals surface area contributed by atoms with Crippen molar-refractivity contribution in [1.29, 1.82) is 0 Å². The van der Waals surface area contributed by atoms with Crippen LogP contribution in [-0.4, -0.2) is 49.1 Å². The predicted molar refractivity (Wildman–Crippen MR) is 109 cm³/mol. The highest BCUT2D eigenvalue weighted by atomic mass is 16.1. The summed E-state index contributed by atoms with van der Waals surface area (Å²) in [5, 5.41) is 3.11. The van der Waals surface area contributed by atoms with Crippen LogP contribution in [0.1, 0.15) is 25.7 Å². The van der Waals surface area contributed by atoms with Crippen molar-refractivity contribution in [1.82, 2.24) is 15.3 Å². The van der Waals surface area contributed by atoms with Gasteiger partial charge in [-0.3, -0.25) is 4.79 Å². The van der Waals surface area contributed by atoms with E-state index in [2.05, 4.69) is 56.4 Å². The molecule has 0 spiro atoms. The van der Waals surface area contributed by atoms with E-state index >= 15 is 0 Å². The zero-order chi connectivity index (χ0) is 18.9. The molecule has 0 aliphatic carbocycles. The fourth-order valence-electron chi connectivity index (χ4n) is 3.47. The van der Waals surface area contributed by atoms with Crippen LogP contribution in [0.2, 0.25) is 0 Å². The van der Waals surface area contributed by atoms with Gasteiger partial charge >= 0.3 is 0 Å². The third-order valence-corrected chi connectivity index (χ3v) is 5.04. The number of nitrogens with zero attached hydrogens (tertiary/aromatic N) is 4. The number of carbonyl (C=O) groups is 1. The third kappa shape index (κ3) is 5.67. The Hall–Kier alpha value is -2.63. The minimum atomic E-state index is 0.0227. The lowest BCUT2D eigenvalue weighted by molar-refractivity contribution is -0.125. The number of hydrogen-bond donors (Lipinski definition) is 1. The minimum Gasteiger partial charge on any atom is -0.375 e. The third-order valence-electron chi connectivity index (χ3n) is 5.04. The first-order valence-corrected chi connectivity index (χ1v) is 9.80. The number of nitrogens with one attached hydrogen (secondary N) is 1. The fourth-order valence-corrected chi connectivity index (χ4v) is 3.47. The molecule has 1 atom stereocenters. The van der Waals surface area contributed by atoms with Crippen LogP contribution in [0, 0.1) is 5.92 Å². The zero-order valence-corrected chi connectivity index (χ0v) is 16.1. The maximum Gasteiger partial charge on any atom is 0.225 e. The molecule has 2 aromatic rings. The Bertz CT molecular complexity index is 694. The molecule has 1 aromatic carbocycles. The predicted octanol–water partition coefficient (Wildman–Crippen LogP) is 2.73. The largest absolute Gasteiger partial charge is 0.375 e. The molecule has 1 saturated heterocycles. The smallest absolute Gasteiger partial charge is 0.225 e. The first-order chi connectivity index (χ1) is 13.2. The molecule has 1 fully saturated rings. The van der Waals surface area contributed by atoms with E-state index in [1.54, 1.807) is 12.4 Å². The number of benzene rings is 1. The molecule has 0 saturated carbocycles. The van der Waals surface area contributed by atoms with Crippen LogP contribution in [-0.2, 0) is 4.79 Å².